The number of ether oxygens (including phenoxy) is 1. The van der Waals surface area contributed by atoms with Crippen molar-refractivity contribution in [3.05, 3.63) is 24.3 Å². The SMILES string of the molecule is CC(C)(C)OC(=O)N[C@H]1[C@@H](C(=O)Nc2cccc(S(=O)(=O)C(F)(F)F)c2)CC[C@@H]1O. The minimum Gasteiger partial charge on any atom is -0.444 e. The number of alkyl carbamates (subject to hydrolysis) is 1. The highest BCUT2D eigenvalue weighted by Crippen LogP contribution is 2.32. The fourth-order valence-electron chi connectivity index (χ4n) is 3.02. The third-order valence-electron chi connectivity index (χ3n) is 4.36. The van der Waals surface area contributed by atoms with Crippen molar-refractivity contribution in [1.29, 1.82) is 0 Å². The molecule has 1 aromatic rings. The standard InChI is InChI=1S/C18H23F3N2O6S/c1-17(2,3)29-16(26)23-14-12(7-8-13(14)24)15(25)22-10-5-4-6-11(9-10)30(27,28)18(19,20)21/h4-6,9,12-14,24H,7-8H2,1-3H3,(H,22,25)(H,23,26)/t12-,13-,14-/m0/s1. The van der Waals surface area contributed by atoms with Crippen molar-refractivity contribution in [2.45, 2.75) is 61.8 Å². The van der Waals surface area contributed by atoms with Gasteiger partial charge in [0.25, 0.3) is 9.84 Å². The molecule has 0 aromatic heterocycles. The number of sulfone groups is 1. The van der Waals surface area contributed by atoms with Gasteiger partial charge in [-0.15, -0.1) is 0 Å². The fraction of sp³-hybridized carbons (Fsp3) is 0.556. The van der Waals surface area contributed by atoms with Gasteiger partial charge in [-0.05, 0) is 51.8 Å². The summed E-state index contributed by atoms with van der Waals surface area (Å²) in [4.78, 5) is 23.6. The van der Waals surface area contributed by atoms with Crippen LogP contribution in [0, 0.1) is 5.92 Å². The second kappa shape index (κ2) is 8.42. The van der Waals surface area contributed by atoms with Crippen molar-refractivity contribution in [3.63, 3.8) is 0 Å². The highest BCUT2D eigenvalue weighted by atomic mass is 32.2. The minimum atomic E-state index is -5.57. The van der Waals surface area contributed by atoms with Gasteiger partial charge in [-0.2, -0.15) is 13.2 Å². The number of anilines is 1. The zero-order valence-electron chi connectivity index (χ0n) is 16.5. The Morgan fingerprint density at radius 3 is 2.37 bits per heavy atom. The average molecular weight is 452 g/mol. The van der Waals surface area contributed by atoms with E-state index in [9.17, 15) is 36.3 Å². The smallest absolute Gasteiger partial charge is 0.444 e. The normalized spacial score (nSPS) is 22.4. The molecule has 0 unspecified atom stereocenters. The minimum absolute atomic E-state index is 0.164. The monoisotopic (exact) mass is 452 g/mol. The van der Waals surface area contributed by atoms with E-state index in [0.717, 1.165) is 12.1 Å². The zero-order valence-corrected chi connectivity index (χ0v) is 17.3. The summed E-state index contributed by atoms with van der Waals surface area (Å²) in [7, 11) is -5.57. The highest BCUT2D eigenvalue weighted by Gasteiger charge is 2.47. The molecular formula is C18H23F3N2O6S. The summed E-state index contributed by atoms with van der Waals surface area (Å²) in [5.74, 6) is -1.58. The molecule has 1 aliphatic rings. The van der Waals surface area contributed by atoms with E-state index in [4.69, 9.17) is 4.74 Å². The van der Waals surface area contributed by atoms with Crippen LogP contribution in [0.1, 0.15) is 33.6 Å². The average Bonchev–Trinajstić information content (AvgIpc) is 2.93. The maximum atomic E-state index is 12.7. The third-order valence-corrected chi connectivity index (χ3v) is 5.84. The Morgan fingerprint density at radius 1 is 1.17 bits per heavy atom. The third kappa shape index (κ3) is 5.63. The molecule has 1 fully saturated rings. The molecule has 0 radical (unpaired) electrons. The Morgan fingerprint density at radius 2 is 1.80 bits per heavy atom. The van der Waals surface area contributed by atoms with Crippen LogP contribution in [0.2, 0.25) is 0 Å². The van der Waals surface area contributed by atoms with E-state index >= 15 is 0 Å². The van der Waals surface area contributed by atoms with Crippen LogP contribution in [-0.2, 0) is 19.4 Å². The molecule has 3 atom stereocenters. The van der Waals surface area contributed by atoms with Gasteiger partial charge in [0.1, 0.15) is 5.60 Å². The number of hydrogen-bond donors (Lipinski definition) is 3. The Labute approximate surface area is 171 Å². The van der Waals surface area contributed by atoms with Crippen molar-refractivity contribution >= 4 is 27.5 Å². The summed E-state index contributed by atoms with van der Waals surface area (Å²) in [6.07, 6.45) is -1.44. The van der Waals surface area contributed by atoms with Gasteiger partial charge in [0.15, 0.2) is 0 Å². The molecule has 0 saturated heterocycles. The molecule has 0 aliphatic heterocycles. The molecule has 0 heterocycles. The quantitative estimate of drug-likeness (QED) is 0.646. The first-order valence-electron chi connectivity index (χ1n) is 9.02. The molecule has 8 nitrogen and oxygen atoms in total. The van der Waals surface area contributed by atoms with Gasteiger partial charge in [0, 0.05) is 5.69 Å². The number of benzene rings is 1. The van der Waals surface area contributed by atoms with E-state index in [0.29, 0.717) is 6.07 Å². The van der Waals surface area contributed by atoms with Gasteiger partial charge in [0.2, 0.25) is 5.91 Å². The second-order valence-corrected chi connectivity index (χ2v) is 9.83. The summed E-state index contributed by atoms with van der Waals surface area (Å²) in [5, 5.41) is 14.9. The molecule has 12 heteroatoms. The van der Waals surface area contributed by atoms with Gasteiger partial charge < -0.3 is 20.5 Å². The zero-order chi connectivity index (χ0) is 22.9. The number of carbonyl (C=O) groups excluding carboxylic acids is 2. The molecule has 1 saturated carbocycles. The number of alkyl halides is 3. The van der Waals surface area contributed by atoms with E-state index in [1.54, 1.807) is 20.8 Å². The van der Waals surface area contributed by atoms with E-state index in [2.05, 4.69) is 10.6 Å². The Kier molecular flexibility index (Phi) is 6.72. The number of aliphatic hydroxyl groups is 1. The van der Waals surface area contributed by atoms with Crippen LogP contribution in [-0.4, -0.2) is 48.8 Å². The molecule has 30 heavy (non-hydrogen) atoms. The van der Waals surface area contributed by atoms with E-state index in [1.165, 1.54) is 6.07 Å². The molecule has 1 aromatic carbocycles. The van der Waals surface area contributed by atoms with Gasteiger partial charge in [0.05, 0.1) is 23.0 Å². The molecule has 1 aliphatic carbocycles. The lowest BCUT2D eigenvalue weighted by Gasteiger charge is -2.26. The van der Waals surface area contributed by atoms with Crippen LogP contribution >= 0.6 is 0 Å². The van der Waals surface area contributed by atoms with E-state index < -0.39 is 55.9 Å². The van der Waals surface area contributed by atoms with E-state index in [-0.39, 0.29) is 18.5 Å². The van der Waals surface area contributed by atoms with Crippen molar-refractivity contribution in [3.8, 4) is 0 Å². The number of carbonyl (C=O) groups is 2. The summed E-state index contributed by atoms with van der Waals surface area (Å²) < 4.78 is 66.4. The Bertz CT molecular complexity index is 911. The lowest BCUT2D eigenvalue weighted by molar-refractivity contribution is -0.120. The molecule has 2 amide bonds. The summed E-state index contributed by atoms with van der Waals surface area (Å²) in [6.45, 7) is 4.93. The lowest BCUT2D eigenvalue weighted by Crippen LogP contribution is -2.48. The maximum Gasteiger partial charge on any atom is 0.501 e. The van der Waals surface area contributed by atoms with Gasteiger partial charge in [-0.1, -0.05) is 6.07 Å². The van der Waals surface area contributed by atoms with Crippen LogP contribution in [0.4, 0.5) is 23.7 Å². The van der Waals surface area contributed by atoms with Crippen molar-refractivity contribution < 1.29 is 41.0 Å². The Hall–Kier alpha value is -2.34. The van der Waals surface area contributed by atoms with Gasteiger partial charge in [-0.3, -0.25) is 4.79 Å². The first-order chi connectivity index (χ1) is 13.6. The predicted octanol–water partition coefficient (Wildman–Crippen LogP) is 2.58. The first-order valence-corrected chi connectivity index (χ1v) is 10.5. The number of rotatable bonds is 4. The highest BCUT2D eigenvalue weighted by molar-refractivity contribution is 7.92. The van der Waals surface area contributed by atoms with Gasteiger partial charge in [-0.25, -0.2) is 13.2 Å². The van der Waals surface area contributed by atoms with E-state index in [1.807, 2.05) is 0 Å². The van der Waals surface area contributed by atoms with Crippen LogP contribution in [0.3, 0.4) is 0 Å². The molecule has 0 spiro atoms. The Balaban J connectivity index is 2.15. The molecule has 168 valence electrons. The largest absolute Gasteiger partial charge is 0.501 e. The second-order valence-electron chi connectivity index (χ2n) is 7.89. The maximum absolute atomic E-state index is 12.7. The van der Waals surface area contributed by atoms with Crippen molar-refractivity contribution in [2.24, 2.45) is 5.92 Å². The van der Waals surface area contributed by atoms with Gasteiger partial charge >= 0.3 is 11.6 Å². The molecular weight excluding hydrogens is 429 g/mol. The fourth-order valence-corrected chi connectivity index (χ4v) is 3.83. The van der Waals surface area contributed by atoms with Crippen molar-refractivity contribution in [2.75, 3.05) is 5.32 Å². The molecule has 3 N–H and O–H groups in total. The van der Waals surface area contributed by atoms with Crippen LogP contribution in [0.15, 0.2) is 29.2 Å². The summed E-state index contributed by atoms with van der Waals surface area (Å²) >= 11 is 0. The van der Waals surface area contributed by atoms with Crippen LogP contribution in [0.5, 0.6) is 0 Å². The van der Waals surface area contributed by atoms with Crippen LogP contribution in [0.25, 0.3) is 0 Å². The predicted molar refractivity (Wildman–Crippen MR) is 100 cm³/mol. The number of halogens is 3. The molecule has 0 bridgehead atoms. The topological polar surface area (TPSA) is 122 Å². The lowest BCUT2D eigenvalue weighted by atomic mass is 10.0. The number of hydrogen-bond acceptors (Lipinski definition) is 6. The molecule has 2 rings (SSSR count). The summed E-state index contributed by atoms with van der Waals surface area (Å²) in [6, 6.07) is 2.79. The number of aliphatic hydroxyl groups excluding tert-OH is 1. The van der Waals surface area contributed by atoms with Crippen molar-refractivity contribution in [1.82, 2.24) is 5.32 Å². The first kappa shape index (κ1) is 23.9. The number of nitrogens with one attached hydrogen (secondary N) is 2. The van der Waals surface area contributed by atoms with Crippen LogP contribution < -0.4 is 10.6 Å². The summed E-state index contributed by atoms with van der Waals surface area (Å²) in [5.41, 5.74) is -6.44. The number of amides is 2.